The average Bonchev–Trinajstić information content (AvgIpc) is 2.61. The number of rotatable bonds is 7. The summed E-state index contributed by atoms with van der Waals surface area (Å²) in [7, 11) is 1.99. The molecule has 0 fully saturated rings. The Hall–Kier alpha value is -0.700. The highest BCUT2D eigenvalue weighted by Crippen LogP contribution is 2.13. The number of aromatic nitrogens is 2. The summed E-state index contributed by atoms with van der Waals surface area (Å²) >= 11 is 5.78. The highest BCUT2D eigenvalue weighted by atomic mass is 35.5. The molecule has 0 aliphatic heterocycles. The first-order valence-electron chi connectivity index (χ1n) is 5.55. The Morgan fingerprint density at radius 1 is 1.53 bits per heavy atom. The van der Waals surface area contributed by atoms with Gasteiger partial charge < -0.3 is 9.88 Å². The minimum atomic E-state index is 0.657. The summed E-state index contributed by atoms with van der Waals surface area (Å²) in [4.78, 5) is 4.23. The molecule has 1 N–H and O–H groups in total. The number of nitrogens with one attached hydrogen (secondary N) is 1. The molecule has 15 heavy (non-hydrogen) atoms. The molecule has 4 heteroatoms. The standard InChI is InChI=1S/C11H20ClN3/c1-3-4-10(5-6-12)9-14-11-13-7-8-15(11)2/h7-8,10H,3-6,9H2,1-2H3,(H,13,14). The molecule has 0 amide bonds. The average molecular weight is 230 g/mol. The fourth-order valence-corrected chi connectivity index (χ4v) is 1.99. The van der Waals surface area contributed by atoms with Crippen molar-refractivity contribution < 1.29 is 0 Å². The van der Waals surface area contributed by atoms with Gasteiger partial charge in [0.15, 0.2) is 0 Å². The Morgan fingerprint density at radius 2 is 2.33 bits per heavy atom. The number of aryl methyl sites for hydroxylation is 1. The number of hydrogen-bond acceptors (Lipinski definition) is 2. The van der Waals surface area contributed by atoms with Crippen LogP contribution in [-0.4, -0.2) is 22.0 Å². The Bertz CT molecular complexity index is 267. The number of anilines is 1. The van der Waals surface area contributed by atoms with Crippen LogP contribution in [0.25, 0.3) is 0 Å². The van der Waals surface area contributed by atoms with Gasteiger partial charge in [-0.05, 0) is 18.8 Å². The van der Waals surface area contributed by atoms with Crippen molar-refractivity contribution in [2.24, 2.45) is 13.0 Å². The van der Waals surface area contributed by atoms with Crippen LogP contribution in [-0.2, 0) is 7.05 Å². The molecule has 1 atom stereocenters. The van der Waals surface area contributed by atoms with Crippen LogP contribution in [0.2, 0.25) is 0 Å². The summed E-state index contributed by atoms with van der Waals surface area (Å²) in [6.45, 7) is 3.17. The van der Waals surface area contributed by atoms with E-state index in [1.807, 2.05) is 17.8 Å². The highest BCUT2D eigenvalue weighted by molar-refractivity contribution is 6.17. The zero-order valence-electron chi connectivity index (χ0n) is 9.54. The van der Waals surface area contributed by atoms with Crippen LogP contribution >= 0.6 is 11.6 Å². The molecule has 0 aliphatic rings. The van der Waals surface area contributed by atoms with Gasteiger partial charge in [-0.2, -0.15) is 0 Å². The van der Waals surface area contributed by atoms with E-state index in [-0.39, 0.29) is 0 Å². The first-order chi connectivity index (χ1) is 7.27. The predicted molar refractivity (Wildman–Crippen MR) is 65.4 cm³/mol. The topological polar surface area (TPSA) is 29.9 Å². The van der Waals surface area contributed by atoms with Gasteiger partial charge in [-0.3, -0.25) is 0 Å². The first-order valence-corrected chi connectivity index (χ1v) is 6.08. The van der Waals surface area contributed by atoms with Gasteiger partial charge >= 0.3 is 0 Å². The zero-order valence-corrected chi connectivity index (χ0v) is 10.3. The lowest BCUT2D eigenvalue weighted by Crippen LogP contribution is -2.16. The fraction of sp³-hybridized carbons (Fsp3) is 0.727. The quantitative estimate of drug-likeness (QED) is 0.729. The summed E-state index contributed by atoms with van der Waals surface area (Å²) in [5.41, 5.74) is 0. The van der Waals surface area contributed by atoms with E-state index in [0.29, 0.717) is 5.92 Å². The van der Waals surface area contributed by atoms with Crippen LogP contribution in [0.1, 0.15) is 26.2 Å². The van der Waals surface area contributed by atoms with Crippen LogP contribution in [0.5, 0.6) is 0 Å². The summed E-state index contributed by atoms with van der Waals surface area (Å²) in [6.07, 6.45) is 7.26. The van der Waals surface area contributed by atoms with Crippen molar-refractivity contribution in [1.29, 1.82) is 0 Å². The van der Waals surface area contributed by atoms with Crippen LogP contribution in [0, 0.1) is 5.92 Å². The maximum Gasteiger partial charge on any atom is 0.202 e. The largest absolute Gasteiger partial charge is 0.355 e. The normalized spacial score (nSPS) is 12.7. The molecule has 0 radical (unpaired) electrons. The fourth-order valence-electron chi connectivity index (χ4n) is 1.68. The van der Waals surface area contributed by atoms with Gasteiger partial charge in [-0.15, -0.1) is 11.6 Å². The van der Waals surface area contributed by atoms with Crippen molar-refractivity contribution in [2.45, 2.75) is 26.2 Å². The number of halogens is 1. The number of nitrogens with zero attached hydrogens (tertiary/aromatic N) is 2. The van der Waals surface area contributed by atoms with Gasteiger partial charge in [-0.1, -0.05) is 13.3 Å². The minimum absolute atomic E-state index is 0.657. The lowest BCUT2D eigenvalue weighted by Gasteiger charge is -2.15. The van der Waals surface area contributed by atoms with Crippen molar-refractivity contribution >= 4 is 17.5 Å². The van der Waals surface area contributed by atoms with Crippen molar-refractivity contribution in [1.82, 2.24) is 9.55 Å². The summed E-state index contributed by atoms with van der Waals surface area (Å²) in [6, 6.07) is 0. The third kappa shape index (κ3) is 4.12. The molecule has 1 aromatic rings. The van der Waals surface area contributed by atoms with E-state index in [2.05, 4.69) is 17.2 Å². The molecule has 86 valence electrons. The molecule has 0 bridgehead atoms. The van der Waals surface area contributed by atoms with E-state index < -0.39 is 0 Å². The van der Waals surface area contributed by atoms with Crippen LogP contribution in [0.3, 0.4) is 0 Å². The van der Waals surface area contributed by atoms with Crippen molar-refractivity contribution in [2.75, 3.05) is 17.7 Å². The number of hydrogen-bond donors (Lipinski definition) is 1. The lowest BCUT2D eigenvalue weighted by atomic mass is 10.0. The van der Waals surface area contributed by atoms with Crippen LogP contribution < -0.4 is 5.32 Å². The van der Waals surface area contributed by atoms with E-state index >= 15 is 0 Å². The molecule has 0 saturated heterocycles. The van der Waals surface area contributed by atoms with Crippen molar-refractivity contribution in [3.05, 3.63) is 12.4 Å². The second kappa shape index (κ2) is 6.72. The van der Waals surface area contributed by atoms with E-state index in [0.717, 1.165) is 24.8 Å². The van der Waals surface area contributed by atoms with E-state index in [1.54, 1.807) is 6.20 Å². The molecule has 0 spiro atoms. The smallest absolute Gasteiger partial charge is 0.202 e. The molecule has 1 unspecified atom stereocenters. The SMILES string of the molecule is CCCC(CCCl)CNc1nccn1C. The second-order valence-corrected chi connectivity index (χ2v) is 4.25. The van der Waals surface area contributed by atoms with Gasteiger partial charge in [0.1, 0.15) is 0 Å². The van der Waals surface area contributed by atoms with E-state index in [9.17, 15) is 0 Å². The van der Waals surface area contributed by atoms with Crippen molar-refractivity contribution in [3.8, 4) is 0 Å². The predicted octanol–water partition coefficient (Wildman–Crippen LogP) is 2.88. The number of alkyl halides is 1. The highest BCUT2D eigenvalue weighted by Gasteiger charge is 2.07. The van der Waals surface area contributed by atoms with Gasteiger partial charge in [0.25, 0.3) is 0 Å². The summed E-state index contributed by atoms with van der Waals surface area (Å²) in [5.74, 6) is 2.34. The van der Waals surface area contributed by atoms with Gasteiger partial charge in [0.2, 0.25) is 5.95 Å². The molecule has 0 aromatic carbocycles. The first kappa shape index (κ1) is 12.4. The van der Waals surface area contributed by atoms with E-state index in [1.165, 1.54) is 12.8 Å². The Morgan fingerprint density at radius 3 is 2.87 bits per heavy atom. The maximum atomic E-state index is 5.78. The number of imidazole rings is 1. The zero-order chi connectivity index (χ0) is 11.1. The Balaban J connectivity index is 2.36. The summed E-state index contributed by atoms with van der Waals surface area (Å²) < 4.78 is 1.99. The van der Waals surface area contributed by atoms with Crippen molar-refractivity contribution in [3.63, 3.8) is 0 Å². The third-order valence-electron chi connectivity index (χ3n) is 2.58. The van der Waals surface area contributed by atoms with Gasteiger partial charge in [0, 0.05) is 31.9 Å². The van der Waals surface area contributed by atoms with Gasteiger partial charge in [-0.25, -0.2) is 4.98 Å². The Labute approximate surface area is 96.8 Å². The lowest BCUT2D eigenvalue weighted by molar-refractivity contribution is 0.488. The second-order valence-electron chi connectivity index (χ2n) is 3.88. The Kier molecular flexibility index (Phi) is 5.54. The van der Waals surface area contributed by atoms with Gasteiger partial charge in [0.05, 0.1) is 0 Å². The third-order valence-corrected chi connectivity index (χ3v) is 2.80. The molecule has 1 aromatic heterocycles. The molecular weight excluding hydrogens is 210 g/mol. The molecule has 1 rings (SSSR count). The maximum absolute atomic E-state index is 5.78. The van der Waals surface area contributed by atoms with Crippen LogP contribution in [0.15, 0.2) is 12.4 Å². The van der Waals surface area contributed by atoms with Crippen LogP contribution in [0.4, 0.5) is 5.95 Å². The monoisotopic (exact) mass is 229 g/mol. The molecule has 0 saturated carbocycles. The molecule has 1 heterocycles. The van der Waals surface area contributed by atoms with E-state index in [4.69, 9.17) is 11.6 Å². The molecule has 3 nitrogen and oxygen atoms in total. The summed E-state index contributed by atoms with van der Waals surface area (Å²) in [5, 5.41) is 3.36. The molecular formula is C11H20ClN3. The minimum Gasteiger partial charge on any atom is -0.355 e. The molecule has 0 aliphatic carbocycles.